The van der Waals surface area contributed by atoms with E-state index in [0.29, 0.717) is 11.8 Å². The van der Waals surface area contributed by atoms with Gasteiger partial charge in [0.1, 0.15) is 11.0 Å². The van der Waals surface area contributed by atoms with Crippen LogP contribution in [0, 0.1) is 0 Å². The van der Waals surface area contributed by atoms with Crippen molar-refractivity contribution in [1.82, 2.24) is 14.9 Å². The van der Waals surface area contributed by atoms with Crippen LogP contribution in [0.25, 0.3) is 10.2 Å². The van der Waals surface area contributed by atoms with Gasteiger partial charge in [-0.1, -0.05) is 12.1 Å². The molecule has 37 heavy (non-hydrogen) atoms. The number of rotatable bonds is 8. The molecule has 0 radical (unpaired) electrons. The van der Waals surface area contributed by atoms with E-state index in [1.165, 1.54) is 0 Å². The third-order valence-corrected chi connectivity index (χ3v) is 8.94. The summed E-state index contributed by atoms with van der Waals surface area (Å²) in [5.74, 6) is 1.86. The van der Waals surface area contributed by atoms with Crippen molar-refractivity contribution >= 4 is 61.6 Å². The summed E-state index contributed by atoms with van der Waals surface area (Å²) >= 11 is 0.436. The molecule has 1 aliphatic rings. The minimum atomic E-state index is -1.13. The van der Waals surface area contributed by atoms with Gasteiger partial charge in [0, 0.05) is 37.9 Å². The predicted molar refractivity (Wildman–Crippen MR) is 155 cm³/mol. The highest BCUT2D eigenvalue weighted by atomic mass is 32.2. The van der Waals surface area contributed by atoms with Crippen molar-refractivity contribution in [3.05, 3.63) is 53.9 Å². The van der Waals surface area contributed by atoms with Crippen LogP contribution in [0.2, 0.25) is 0 Å². The zero-order valence-electron chi connectivity index (χ0n) is 21.5. The molecule has 1 saturated heterocycles. The van der Waals surface area contributed by atoms with Crippen LogP contribution in [0.5, 0.6) is 5.75 Å². The van der Waals surface area contributed by atoms with Gasteiger partial charge in [-0.05, 0) is 67.8 Å². The Hall–Kier alpha value is -3.05. The molecule has 2 aromatic heterocycles. The number of anilines is 5. The lowest BCUT2D eigenvalue weighted by molar-refractivity contribution is 0.312. The topological polar surface area (TPSA) is 88.6 Å². The Bertz CT molecular complexity index is 1370. The van der Waals surface area contributed by atoms with E-state index in [-0.39, 0.29) is 5.25 Å². The number of ether oxygens (including phenoxy) is 1. The van der Waals surface area contributed by atoms with Crippen LogP contribution in [0.4, 0.5) is 28.8 Å². The average Bonchev–Trinajstić information content (AvgIpc) is 3.38. The SMILES string of the molecule is COc1cc(N2CCN(C)CC2)ccc1Nc1nc(Nc2ccccc2[S+]([O-])C(C)C)c2sccc2n1. The van der Waals surface area contributed by atoms with Crippen molar-refractivity contribution < 1.29 is 9.29 Å². The van der Waals surface area contributed by atoms with Gasteiger partial charge in [0.05, 0.1) is 28.7 Å². The third-order valence-electron chi connectivity index (χ3n) is 6.39. The molecular weight excluding hydrogens is 504 g/mol. The first-order valence-corrected chi connectivity index (χ1v) is 14.4. The third kappa shape index (κ3) is 5.62. The molecule has 194 valence electrons. The van der Waals surface area contributed by atoms with Gasteiger partial charge >= 0.3 is 0 Å². The first-order valence-electron chi connectivity index (χ1n) is 12.3. The number of para-hydroxylation sites is 1. The summed E-state index contributed by atoms with van der Waals surface area (Å²) in [6.45, 7) is 7.98. The van der Waals surface area contributed by atoms with E-state index in [2.05, 4.69) is 39.6 Å². The molecular formula is C27H32N6O2S2. The first-order chi connectivity index (χ1) is 17.9. The van der Waals surface area contributed by atoms with Crippen LogP contribution in [0.3, 0.4) is 0 Å². The quantitative estimate of drug-likeness (QED) is 0.287. The monoisotopic (exact) mass is 536 g/mol. The number of fused-ring (bicyclic) bond motifs is 1. The Morgan fingerprint density at radius 1 is 1.00 bits per heavy atom. The molecule has 0 bridgehead atoms. The number of nitrogens with one attached hydrogen (secondary N) is 2. The lowest BCUT2D eigenvalue weighted by atomic mass is 10.2. The van der Waals surface area contributed by atoms with Crippen LogP contribution in [0.15, 0.2) is 58.8 Å². The molecule has 1 unspecified atom stereocenters. The molecule has 10 heteroatoms. The van der Waals surface area contributed by atoms with Crippen molar-refractivity contribution in [2.24, 2.45) is 0 Å². The molecule has 2 aromatic carbocycles. The normalized spacial score (nSPS) is 15.2. The van der Waals surface area contributed by atoms with Gasteiger partial charge in [-0.2, -0.15) is 4.98 Å². The molecule has 1 atom stereocenters. The second-order valence-electron chi connectivity index (χ2n) is 9.30. The fraction of sp³-hybridized carbons (Fsp3) is 0.333. The number of methoxy groups -OCH3 is 1. The molecule has 3 heterocycles. The molecule has 0 spiro atoms. The van der Waals surface area contributed by atoms with Gasteiger partial charge < -0.3 is 29.7 Å². The minimum absolute atomic E-state index is 0.00798. The Labute approximate surface area is 224 Å². The zero-order valence-corrected chi connectivity index (χ0v) is 23.2. The minimum Gasteiger partial charge on any atom is -0.611 e. The fourth-order valence-corrected chi connectivity index (χ4v) is 6.13. The van der Waals surface area contributed by atoms with E-state index in [4.69, 9.17) is 14.7 Å². The predicted octanol–water partition coefficient (Wildman–Crippen LogP) is 5.45. The first kappa shape index (κ1) is 25.6. The summed E-state index contributed by atoms with van der Waals surface area (Å²) in [7, 11) is 3.83. The molecule has 1 aliphatic heterocycles. The summed E-state index contributed by atoms with van der Waals surface area (Å²) in [6, 6.07) is 15.8. The van der Waals surface area contributed by atoms with Gasteiger partial charge in [0.2, 0.25) is 5.95 Å². The summed E-state index contributed by atoms with van der Waals surface area (Å²) in [4.78, 5) is 15.0. The Kier molecular flexibility index (Phi) is 7.71. The van der Waals surface area contributed by atoms with Crippen LogP contribution in [-0.4, -0.2) is 65.0 Å². The number of thiophene rings is 1. The number of aromatic nitrogens is 2. The highest BCUT2D eigenvalue weighted by Crippen LogP contribution is 2.35. The Balaban J connectivity index is 1.44. The molecule has 0 amide bonds. The molecule has 8 nitrogen and oxygen atoms in total. The molecule has 1 fully saturated rings. The highest BCUT2D eigenvalue weighted by Gasteiger charge is 2.21. The summed E-state index contributed by atoms with van der Waals surface area (Å²) in [5, 5.41) is 8.79. The van der Waals surface area contributed by atoms with Crippen molar-refractivity contribution in [2.45, 2.75) is 24.0 Å². The van der Waals surface area contributed by atoms with Crippen LogP contribution >= 0.6 is 11.3 Å². The lowest BCUT2D eigenvalue weighted by Gasteiger charge is -2.34. The number of likely N-dealkylation sites (N-methyl/N-ethyl adjacent to an activating group) is 1. The van der Waals surface area contributed by atoms with Crippen molar-refractivity contribution in [1.29, 1.82) is 0 Å². The maximum absolute atomic E-state index is 12.9. The van der Waals surface area contributed by atoms with Gasteiger partial charge in [0.15, 0.2) is 10.7 Å². The van der Waals surface area contributed by atoms with Crippen molar-refractivity contribution in [3.63, 3.8) is 0 Å². The number of piperazine rings is 1. The summed E-state index contributed by atoms with van der Waals surface area (Å²) in [6.07, 6.45) is 0. The fourth-order valence-electron chi connectivity index (χ4n) is 4.30. The highest BCUT2D eigenvalue weighted by molar-refractivity contribution is 7.92. The maximum Gasteiger partial charge on any atom is 0.229 e. The van der Waals surface area contributed by atoms with Gasteiger partial charge in [-0.25, -0.2) is 4.98 Å². The maximum atomic E-state index is 12.9. The zero-order chi connectivity index (χ0) is 25.9. The number of hydrogen-bond donors (Lipinski definition) is 2. The largest absolute Gasteiger partial charge is 0.611 e. The lowest BCUT2D eigenvalue weighted by Crippen LogP contribution is -2.44. The molecule has 5 rings (SSSR count). The summed E-state index contributed by atoms with van der Waals surface area (Å²) in [5.41, 5.74) is 3.55. The molecule has 0 saturated carbocycles. The Morgan fingerprint density at radius 3 is 2.54 bits per heavy atom. The number of nitrogens with zero attached hydrogens (tertiary/aromatic N) is 4. The van der Waals surface area contributed by atoms with Gasteiger partial charge in [0.25, 0.3) is 0 Å². The standard InChI is InChI=1S/C27H32N6O2S2/c1-18(2)37(34)24-8-6-5-7-21(24)28-26-25-22(11-16-36-25)30-27(31-26)29-20-10-9-19(17-23(20)35-4)33-14-12-32(3)13-15-33/h5-11,16-18H,12-15H2,1-4H3,(H2,28,29,30,31). The second-order valence-corrected chi connectivity index (χ2v) is 12.2. The van der Waals surface area contributed by atoms with Crippen molar-refractivity contribution in [2.75, 3.05) is 55.9 Å². The van der Waals surface area contributed by atoms with E-state index in [1.54, 1.807) is 18.4 Å². The second kappa shape index (κ2) is 11.1. The van der Waals surface area contributed by atoms with E-state index in [1.807, 2.05) is 55.6 Å². The van der Waals surface area contributed by atoms with E-state index >= 15 is 0 Å². The smallest absolute Gasteiger partial charge is 0.229 e. The van der Waals surface area contributed by atoms with Crippen molar-refractivity contribution in [3.8, 4) is 5.75 Å². The summed E-state index contributed by atoms with van der Waals surface area (Å²) < 4.78 is 19.6. The number of hydrogen-bond acceptors (Lipinski definition) is 9. The van der Waals surface area contributed by atoms with Crippen LogP contribution in [0.1, 0.15) is 13.8 Å². The van der Waals surface area contributed by atoms with E-state index in [9.17, 15) is 4.55 Å². The van der Waals surface area contributed by atoms with Crippen LogP contribution < -0.4 is 20.3 Å². The molecule has 2 N–H and O–H groups in total. The van der Waals surface area contributed by atoms with Crippen LogP contribution in [-0.2, 0) is 11.2 Å². The number of benzene rings is 2. The van der Waals surface area contributed by atoms with E-state index < -0.39 is 11.2 Å². The van der Waals surface area contributed by atoms with Gasteiger partial charge in [-0.3, -0.25) is 0 Å². The average molecular weight is 537 g/mol. The van der Waals surface area contributed by atoms with E-state index in [0.717, 1.165) is 64.1 Å². The molecule has 0 aliphatic carbocycles. The Morgan fingerprint density at radius 2 is 1.78 bits per heavy atom. The van der Waals surface area contributed by atoms with Gasteiger partial charge in [-0.15, -0.1) is 11.3 Å². The molecule has 4 aromatic rings.